The summed E-state index contributed by atoms with van der Waals surface area (Å²) in [4.78, 5) is 14.7. The summed E-state index contributed by atoms with van der Waals surface area (Å²) >= 11 is 6.21. The number of isocyanates is 1. The Morgan fingerprint density at radius 2 is 2.12 bits per heavy atom. The summed E-state index contributed by atoms with van der Waals surface area (Å²) in [6.45, 7) is 0. The summed E-state index contributed by atoms with van der Waals surface area (Å²) in [6.07, 6.45) is 5.48. The lowest BCUT2D eigenvalue weighted by Gasteiger charge is -2.24. The van der Waals surface area contributed by atoms with Gasteiger partial charge >= 0.3 is 0 Å². The molecule has 0 radical (unpaired) electrons. The second-order valence-corrected chi connectivity index (χ2v) is 4.69. The Kier molecular flexibility index (Phi) is 3.51. The minimum atomic E-state index is -0.493. The SMILES string of the molecule is COc1ccc(Cl)c(C2(N=C=O)CCCC2)c1. The molecular formula is C13H14ClNO2. The number of rotatable bonds is 3. The van der Waals surface area contributed by atoms with Crippen molar-refractivity contribution >= 4 is 17.7 Å². The van der Waals surface area contributed by atoms with Crippen LogP contribution < -0.4 is 4.74 Å². The zero-order valence-electron chi connectivity index (χ0n) is 9.70. The van der Waals surface area contributed by atoms with Gasteiger partial charge in [0.1, 0.15) is 5.75 Å². The maximum Gasteiger partial charge on any atom is 0.235 e. The second-order valence-electron chi connectivity index (χ2n) is 4.29. The fourth-order valence-corrected chi connectivity index (χ4v) is 2.77. The molecule has 0 saturated heterocycles. The topological polar surface area (TPSA) is 38.7 Å². The van der Waals surface area contributed by atoms with E-state index in [0.29, 0.717) is 5.02 Å². The zero-order chi connectivity index (χ0) is 12.3. The van der Waals surface area contributed by atoms with Crippen LogP contribution in [0, 0.1) is 0 Å². The number of carbonyl (C=O) groups excluding carboxylic acids is 1. The van der Waals surface area contributed by atoms with Gasteiger partial charge in [-0.3, -0.25) is 0 Å². The smallest absolute Gasteiger partial charge is 0.235 e. The average molecular weight is 252 g/mol. The van der Waals surface area contributed by atoms with E-state index in [2.05, 4.69) is 4.99 Å². The second kappa shape index (κ2) is 4.91. The maximum absolute atomic E-state index is 10.6. The molecule has 3 nitrogen and oxygen atoms in total. The van der Waals surface area contributed by atoms with Crippen LogP contribution in [0.5, 0.6) is 5.75 Å². The molecule has 0 atom stereocenters. The molecule has 0 N–H and O–H groups in total. The van der Waals surface area contributed by atoms with Crippen molar-refractivity contribution < 1.29 is 9.53 Å². The zero-order valence-corrected chi connectivity index (χ0v) is 10.5. The highest BCUT2D eigenvalue weighted by Gasteiger charge is 2.37. The Labute approximate surface area is 105 Å². The van der Waals surface area contributed by atoms with Gasteiger partial charge in [-0.15, -0.1) is 0 Å². The third-order valence-electron chi connectivity index (χ3n) is 3.37. The molecule has 0 amide bonds. The van der Waals surface area contributed by atoms with Crippen molar-refractivity contribution in [2.24, 2.45) is 4.99 Å². The van der Waals surface area contributed by atoms with Crippen molar-refractivity contribution in [2.45, 2.75) is 31.2 Å². The van der Waals surface area contributed by atoms with Gasteiger partial charge in [0.25, 0.3) is 0 Å². The van der Waals surface area contributed by atoms with Gasteiger partial charge in [-0.05, 0) is 31.0 Å². The summed E-state index contributed by atoms with van der Waals surface area (Å²) in [5, 5.41) is 0.631. The maximum atomic E-state index is 10.6. The van der Waals surface area contributed by atoms with E-state index >= 15 is 0 Å². The van der Waals surface area contributed by atoms with E-state index in [1.165, 1.54) is 0 Å². The van der Waals surface area contributed by atoms with Crippen LogP contribution in [0.2, 0.25) is 5.02 Å². The largest absolute Gasteiger partial charge is 0.497 e. The quantitative estimate of drug-likeness (QED) is 0.610. The molecule has 1 fully saturated rings. The molecule has 0 spiro atoms. The van der Waals surface area contributed by atoms with Crippen molar-refractivity contribution in [3.05, 3.63) is 28.8 Å². The molecule has 0 aromatic heterocycles. The van der Waals surface area contributed by atoms with E-state index in [9.17, 15) is 4.79 Å². The summed E-state index contributed by atoms with van der Waals surface area (Å²) in [7, 11) is 1.61. The first-order valence-electron chi connectivity index (χ1n) is 5.65. The number of benzene rings is 1. The van der Waals surface area contributed by atoms with Gasteiger partial charge in [0.15, 0.2) is 0 Å². The molecule has 1 aliphatic carbocycles. The van der Waals surface area contributed by atoms with Crippen LogP contribution in [-0.4, -0.2) is 13.2 Å². The molecule has 90 valence electrons. The summed E-state index contributed by atoms with van der Waals surface area (Å²) < 4.78 is 5.19. The van der Waals surface area contributed by atoms with Crippen molar-refractivity contribution in [1.82, 2.24) is 0 Å². The van der Waals surface area contributed by atoms with E-state index in [4.69, 9.17) is 16.3 Å². The highest BCUT2D eigenvalue weighted by molar-refractivity contribution is 6.31. The van der Waals surface area contributed by atoms with E-state index in [-0.39, 0.29) is 0 Å². The third-order valence-corrected chi connectivity index (χ3v) is 3.69. The van der Waals surface area contributed by atoms with Crippen LogP contribution in [-0.2, 0) is 10.3 Å². The third kappa shape index (κ3) is 2.21. The summed E-state index contributed by atoms with van der Waals surface area (Å²) in [6, 6.07) is 5.46. The predicted octanol–water partition coefficient (Wildman–Crippen LogP) is 3.45. The molecule has 1 aromatic rings. The van der Waals surface area contributed by atoms with Crippen LogP contribution in [0.4, 0.5) is 0 Å². The molecule has 0 unspecified atom stereocenters. The van der Waals surface area contributed by atoms with Crippen LogP contribution in [0.25, 0.3) is 0 Å². The Bertz CT molecular complexity index is 460. The molecule has 1 saturated carbocycles. The van der Waals surface area contributed by atoms with Gasteiger partial charge < -0.3 is 4.74 Å². The Hall–Kier alpha value is -1.31. The number of ether oxygens (including phenoxy) is 1. The highest BCUT2D eigenvalue weighted by atomic mass is 35.5. The average Bonchev–Trinajstić information content (AvgIpc) is 2.80. The Balaban J connectivity index is 2.52. The fraction of sp³-hybridized carbons (Fsp3) is 0.462. The van der Waals surface area contributed by atoms with Crippen molar-refractivity contribution in [2.75, 3.05) is 7.11 Å². The highest BCUT2D eigenvalue weighted by Crippen LogP contribution is 2.45. The fourth-order valence-electron chi connectivity index (χ4n) is 2.48. The minimum absolute atomic E-state index is 0.493. The Morgan fingerprint density at radius 3 is 2.71 bits per heavy atom. The first-order valence-corrected chi connectivity index (χ1v) is 6.03. The molecule has 0 heterocycles. The van der Waals surface area contributed by atoms with Gasteiger partial charge in [-0.2, -0.15) is 4.99 Å². The summed E-state index contributed by atoms with van der Waals surface area (Å²) in [5.41, 5.74) is 0.382. The number of hydrogen-bond acceptors (Lipinski definition) is 3. The molecule has 1 aromatic carbocycles. The lowest BCUT2D eigenvalue weighted by Crippen LogP contribution is -2.19. The van der Waals surface area contributed by atoms with Gasteiger partial charge in [0.2, 0.25) is 6.08 Å². The van der Waals surface area contributed by atoms with E-state index in [1.807, 2.05) is 6.07 Å². The number of nitrogens with zero attached hydrogens (tertiary/aromatic N) is 1. The van der Waals surface area contributed by atoms with Crippen molar-refractivity contribution in [3.63, 3.8) is 0 Å². The van der Waals surface area contributed by atoms with E-state index in [1.54, 1.807) is 25.3 Å². The van der Waals surface area contributed by atoms with Crippen LogP contribution in [0.1, 0.15) is 31.2 Å². The van der Waals surface area contributed by atoms with Gasteiger partial charge in [-0.25, -0.2) is 4.79 Å². The molecule has 0 aliphatic heterocycles. The molecule has 1 aliphatic rings. The molecular weight excluding hydrogens is 238 g/mol. The number of halogens is 1. The lowest BCUT2D eigenvalue weighted by molar-refractivity contribution is 0.408. The number of hydrogen-bond donors (Lipinski definition) is 0. The molecule has 0 bridgehead atoms. The predicted molar refractivity (Wildman–Crippen MR) is 66.3 cm³/mol. The minimum Gasteiger partial charge on any atom is -0.497 e. The first-order chi connectivity index (χ1) is 8.22. The van der Waals surface area contributed by atoms with Crippen molar-refractivity contribution in [1.29, 1.82) is 0 Å². The van der Waals surface area contributed by atoms with Gasteiger partial charge in [-0.1, -0.05) is 24.4 Å². The van der Waals surface area contributed by atoms with Gasteiger partial charge in [0, 0.05) is 10.6 Å². The molecule has 17 heavy (non-hydrogen) atoms. The summed E-state index contributed by atoms with van der Waals surface area (Å²) in [5.74, 6) is 0.733. The normalized spacial score (nSPS) is 17.5. The Morgan fingerprint density at radius 1 is 1.41 bits per heavy atom. The van der Waals surface area contributed by atoms with E-state index < -0.39 is 5.54 Å². The van der Waals surface area contributed by atoms with Gasteiger partial charge in [0.05, 0.1) is 12.6 Å². The van der Waals surface area contributed by atoms with Crippen LogP contribution in [0.3, 0.4) is 0 Å². The monoisotopic (exact) mass is 251 g/mol. The van der Waals surface area contributed by atoms with Crippen LogP contribution in [0.15, 0.2) is 23.2 Å². The molecule has 4 heteroatoms. The first kappa shape index (κ1) is 12.2. The van der Waals surface area contributed by atoms with Crippen molar-refractivity contribution in [3.8, 4) is 5.75 Å². The molecule has 2 rings (SSSR count). The van der Waals surface area contributed by atoms with E-state index in [0.717, 1.165) is 37.0 Å². The lowest BCUT2D eigenvalue weighted by atomic mass is 9.89. The van der Waals surface area contributed by atoms with Crippen LogP contribution >= 0.6 is 11.6 Å². The number of aliphatic imine (C=N–C) groups is 1. The standard InChI is InChI=1S/C13H14ClNO2/c1-17-10-4-5-12(14)11(8-10)13(15-9-16)6-2-3-7-13/h4-5,8H,2-3,6-7H2,1H3. The number of methoxy groups -OCH3 is 1.